The van der Waals surface area contributed by atoms with Crippen LogP contribution in [0.5, 0.6) is 0 Å². The molecule has 1 aromatic carbocycles. The molecule has 7 N–H and O–H groups in total. The maximum absolute atomic E-state index is 14.0. The van der Waals surface area contributed by atoms with Crippen LogP contribution in [0.4, 0.5) is 24.5 Å². The number of nitrogens with two attached hydrogens (primary N) is 2. The number of aryl methyl sites for hydroxylation is 2. The minimum Gasteiger partial charge on any atom is -0.477 e. The van der Waals surface area contributed by atoms with E-state index in [9.17, 15) is 32.7 Å². The number of nitrogens with zero attached hydrogens (tertiary/aromatic N) is 6. The second-order valence-electron chi connectivity index (χ2n) is 11.8. The number of carboxylic acids is 1. The van der Waals surface area contributed by atoms with Crippen molar-refractivity contribution in [3.05, 3.63) is 101 Å². The molecular weight excluding hydrogens is 705 g/mol. The van der Waals surface area contributed by atoms with E-state index in [2.05, 4.69) is 25.7 Å². The number of halogens is 4. The lowest BCUT2D eigenvalue weighted by Crippen LogP contribution is -2.42. The molecule has 0 spiro atoms. The molecule has 0 aliphatic rings. The summed E-state index contributed by atoms with van der Waals surface area (Å²) < 4.78 is 45.9. The number of hydrogen-bond acceptors (Lipinski definition) is 8. The Morgan fingerprint density at radius 1 is 1.02 bits per heavy atom. The van der Waals surface area contributed by atoms with Crippen molar-refractivity contribution in [3.63, 3.8) is 0 Å². The third-order valence-corrected chi connectivity index (χ3v) is 8.30. The molecule has 0 unspecified atom stereocenters. The van der Waals surface area contributed by atoms with Crippen LogP contribution in [0.2, 0.25) is 5.02 Å². The summed E-state index contributed by atoms with van der Waals surface area (Å²) in [5.41, 5.74) is 12.3. The number of anilines is 2. The van der Waals surface area contributed by atoms with Gasteiger partial charge in [0, 0.05) is 44.0 Å². The minimum atomic E-state index is -4.82. The van der Waals surface area contributed by atoms with Crippen LogP contribution in [-0.4, -0.2) is 60.3 Å². The number of aliphatic carboxylic acids is 1. The molecule has 4 heterocycles. The zero-order chi connectivity index (χ0) is 37.6. The molecule has 14 nitrogen and oxygen atoms in total. The highest BCUT2D eigenvalue weighted by molar-refractivity contribution is 6.34. The molecule has 0 bridgehead atoms. The monoisotopic (exact) mass is 739 g/mol. The van der Waals surface area contributed by atoms with Gasteiger partial charge in [-0.2, -0.15) is 22.8 Å². The molecule has 2 amide bonds. The van der Waals surface area contributed by atoms with Gasteiger partial charge in [0.25, 0.3) is 11.8 Å². The van der Waals surface area contributed by atoms with Crippen LogP contribution < -0.4 is 26.7 Å². The molecule has 0 saturated carbocycles. The zero-order valence-corrected chi connectivity index (χ0v) is 28.6. The number of hydrogen-bond donors (Lipinski definition) is 5. The average Bonchev–Trinajstić information content (AvgIpc) is 3.71. The number of aromatic nitrogens is 6. The van der Waals surface area contributed by atoms with Gasteiger partial charge in [-0.1, -0.05) is 11.6 Å². The predicted octanol–water partition coefficient (Wildman–Crippen LogP) is 3.80. The van der Waals surface area contributed by atoms with Crippen LogP contribution in [0.25, 0.3) is 17.1 Å². The van der Waals surface area contributed by atoms with Crippen molar-refractivity contribution in [3.8, 4) is 17.1 Å². The smallest absolute Gasteiger partial charge is 0.435 e. The maximum atomic E-state index is 14.0. The fourth-order valence-electron chi connectivity index (χ4n) is 5.43. The Kier molecular flexibility index (Phi) is 11.5. The van der Waals surface area contributed by atoms with Crippen LogP contribution in [0.15, 0.2) is 67.3 Å². The number of amides is 2. The van der Waals surface area contributed by atoms with Gasteiger partial charge >= 0.3 is 12.1 Å². The summed E-state index contributed by atoms with van der Waals surface area (Å²) >= 11 is 6.40. The molecule has 272 valence electrons. The number of rotatable bonds is 14. The normalized spacial score (nSPS) is 11.4. The number of nitrogens with one attached hydrogen (secondary N) is 2. The molecule has 4 aromatic heterocycles. The van der Waals surface area contributed by atoms with Crippen molar-refractivity contribution in [2.24, 2.45) is 12.8 Å². The zero-order valence-electron chi connectivity index (χ0n) is 27.8. The van der Waals surface area contributed by atoms with Gasteiger partial charge in [0.15, 0.2) is 29.2 Å². The maximum Gasteiger partial charge on any atom is 0.435 e. The van der Waals surface area contributed by atoms with E-state index in [0.717, 1.165) is 34.8 Å². The Morgan fingerprint density at radius 2 is 1.81 bits per heavy atom. The Labute approximate surface area is 300 Å². The van der Waals surface area contributed by atoms with E-state index in [1.165, 1.54) is 48.1 Å². The molecule has 18 heteroatoms. The summed E-state index contributed by atoms with van der Waals surface area (Å²) in [5.74, 6) is -2.19. The van der Waals surface area contributed by atoms with E-state index in [0.29, 0.717) is 38.0 Å². The molecule has 0 aliphatic carbocycles. The number of alkyl halides is 3. The van der Waals surface area contributed by atoms with Gasteiger partial charge in [0.1, 0.15) is 0 Å². The number of imidazole rings is 1. The van der Waals surface area contributed by atoms with Gasteiger partial charge < -0.3 is 31.8 Å². The third kappa shape index (κ3) is 8.91. The Hall–Kier alpha value is -5.81. The molecule has 5 rings (SSSR count). The average molecular weight is 740 g/mol. The van der Waals surface area contributed by atoms with Crippen LogP contribution in [0.3, 0.4) is 0 Å². The Balaban J connectivity index is 1.21. The number of carbonyl (C=O) groups is 3. The van der Waals surface area contributed by atoms with Gasteiger partial charge in [-0.3, -0.25) is 9.59 Å². The molecule has 0 fully saturated rings. The highest BCUT2D eigenvalue weighted by Crippen LogP contribution is 2.37. The van der Waals surface area contributed by atoms with Crippen molar-refractivity contribution in [1.29, 1.82) is 0 Å². The Morgan fingerprint density at radius 3 is 2.48 bits per heavy atom. The van der Waals surface area contributed by atoms with E-state index in [-0.39, 0.29) is 45.7 Å². The predicted molar refractivity (Wildman–Crippen MR) is 185 cm³/mol. The van der Waals surface area contributed by atoms with Gasteiger partial charge in [-0.05, 0) is 61.7 Å². The van der Waals surface area contributed by atoms with E-state index in [1.807, 2.05) is 12.1 Å². The number of carbonyl (C=O) groups excluding carboxylic acids is 2. The van der Waals surface area contributed by atoms with Crippen molar-refractivity contribution >= 4 is 40.8 Å². The molecule has 0 atom stereocenters. The van der Waals surface area contributed by atoms with Crippen molar-refractivity contribution in [2.45, 2.75) is 38.4 Å². The standard InChI is InChI=1S/C34H34ClF3N10O4/c1-46-27(25-18-48(45-30(25)34(36,37)38)28-9-6-21(40)16-42-28)17-43-31(46)33(52)44-22-7-8-24(26(35)15-22)32(51)41-12-3-4-20-10-13-47(19-29(49)50)23(14-20)5-2-11-39/h6-10,13-18H,2-5,11-12,19,39-40H2,1H3,(H2-,41,44,49,50,51,52)/p+1. The summed E-state index contributed by atoms with van der Waals surface area (Å²) in [5, 5.41) is 18.4. The Bertz CT molecular complexity index is 2100. The fourth-order valence-corrected chi connectivity index (χ4v) is 5.69. The van der Waals surface area contributed by atoms with E-state index in [1.54, 1.807) is 10.8 Å². The molecule has 0 radical (unpaired) electrons. The first-order valence-electron chi connectivity index (χ1n) is 16.0. The molecule has 52 heavy (non-hydrogen) atoms. The van der Waals surface area contributed by atoms with E-state index < -0.39 is 29.7 Å². The first-order chi connectivity index (χ1) is 24.7. The van der Waals surface area contributed by atoms with Gasteiger partial charge in [0.2, 0.25) is 6.54 Å². The topological polar surface area (TPSA) is 200 Å². The summed E-state index contributed by atoms with van der Waals surface area (Å²) in [6, 6.07) is 11.0. The van der Waals surface area contributed by atoms with Gasteiger partial charge in [-0.25, -0.2) is 19.4 Å². The van der Waals surface area contributed by atoms with Crippen molar-refractivity contribution in [1.82, 2.24) is 29.6 Å². The largest absolute Gasteiger partial charge is 0.477 e. The van der Waals surface area contributed by atoms with Crippen LogP contribution in [0.1, 0.15) is 50.8 Å². The number of benzene rings is 1. The lowest BCUT2D eigenvalue weighted by atomic mass is 10.1. The highest BCUT2D eigenvalue weighted by atomic mass is 35.5. The summed E-state index contributed by atoms with van der Waals surface area (Å²) in [6.45, 7) is 0.675. The minimum absolute atomic E-state index is 0.0228. The van der Waals surface area contributed by atoms with Gasteiger partial charge in [0.05, 0.1) is 39.9 Å². The number of nitrogen functional groups attached to an aromatic ring is 1. The highest BCUT2D eigenvalue weighted by Gasteiger charge is 2.39. The van der Waals surface area contributed by atoms with E-state index in [4.69, 9.17) is 23.1 Å². The van der Waals surface area contributed by atoms with Gasteiger partial charge in [-0.15, -0.1) is 0 Å². The second kappa shape index (κ2) is 16.0. The quantitative estimate of drug-likeness (QED) is 0.0830. The molecular formula is C34H35ClF3N10O4+. The summed E-state index contributed by atoms with van der Waals surface area (Å²) in [7, 11) is 1.39. The first kappa shape index (κ1) is 37.4. The summed E-state index contributed by atoms with van der Waals surface area (Å²) in [6.07, 6.45) is 3.09. The third-order valence-electron chi connectivity index (χ3n) is 7.99. The van der Waals surface area contributed by atoms with Crippen molar-refractivity contribution < 1.29 is 37.2 Å². The lowest BCUT2D eigenvalue weighted by molar-refractivity contribution is -0.693. The van der Waals surface area contributed by atoms with Crippen molar-refractivity contribution in [2.75, 3.05) is 24.1 Å². The second-order valence-corrected chi connectivity index (χ2v) is 12.2. The molecule has 5 aromatic rings. The number of carboxylic acid groups (broad SMARTS) is 1. The first-order valence-corrected chi connectivity index (χ1v) is 16.4. The van der Waals surface area contributed by atoms with E-state index >= 15 is 0 Å². The molecule has 0 saturated heterocycles. The number of pyridine rings is 2. The lowest BCUT2D eigenvalue weighted by Gasteiger charge is -2.11. The van der Waals surface area contributed by atoms with Crippen LogP contribution in [0, 0.1) is 0 Å². The van der Waals surface area contributed by atoms with Crippen LogP contribution >= 0.6 is 11.6 Å². The summed E-state index contributed by atoms with van der Waals surface area (Å²) in [4.78, 5) is 45.3. The molecule has 0 aliphatic heterocycles. The van der Waals surface area contributed by atoms with Crippen LogP contribution in [-0.2, 0) is 37.4 Å². The fraction of sp³-hybridized carbons (Fsp3) is 0.265. The SMILES string of the molecule is Cn1c(-c2cn(-c3ccc(N)cn3)nc2C(F)(F)F)cnc1C(=O)Nc1ccc(C(=O)NCCCc2cc[n+](CC(=O)O)c(CCCN)c2)c(Cl)c1.